The van der Waals surface area contributed by atoms with Gasteiger partial charge in [-0.05, 0) is 25.1 Å². The second-order valence-electron chi connectivity index (χ2n) is 10.3. The maximum absolute atomic E-state index is 13.6. The molecule has 10 atom stereocenters. The lowest BCUT2D eigenvalue weighted by molar-refractivity contribution is -0.318. The van der Waals surface area contributed by atoms with Crippen LogP contribution in [0.5, 0.6) is 28.7 Å². The lowest BCUT2D eigenvalue weighted by Crippen LogP contribution is -2.61. The van der Waals surface area contributed by atoms with Crippen molar-refractivity contribution in [2.45, 2.75) is 68.3 Å². The molecule has 2 aromatic carbocycles. The number of phenolic OH excluding ortho intramolecular Hbond substituents is 4. The van der Waals surface area contributed by atoms with Crippen molar-refractivity contribution in [2.75, 3.05) is 6.61 Å². The number of phenols is 4. The molecule has 2 fully saturated rings. The van der Waals surface area contributed by atoms with Crippen molar-refractivity contribution in [3.63, 3.8) is 0 Å². The second kappa shape index (κ2) is 11.8. The normalized spacial score (nSPS) is 33.0. The van der Waals surface area contributed by atoms with E-state index in [-0.39, 0.29) is 11.1 Å². The average molecular weight is 611 g/mol. The van der Waals surface area contributed by atoms with Crippen molar-refractivity contribution < 1.29 is 74.4 Å². The maximum Gasteiger partial charge on any atom is 0.239 e. The van der Waals surface area contributed by atoms with Gasteiger partial charge in [0, 0.05) is 17.7 Å². The van der Waals surface area contributed by atoms with Gasteiger partial charge in [0.25, 0.3) is 0 Å². The molecule has 43 heavy (non-hydrogen) atoms. The summed E-state index contributed by atoms with van der Waals surface area (Å²) in [5.41, 5.74) is -1.35. The highest BCUT2D eigenvalue weighted by Crippen LogP contribution is 2.39. The molecule has 16 nitrogen and oxygen atoms in total. The van der Waals surface area contributed by atoms with E-state index in [1.807, 2.05) is 0 Å². The van der Waals surface area contributed by atoms with Gasteiger partial charge in [0.05, 0.1) is 12.7 Å². The first kappa shape index (κ1) is 30.7. The van der Waals surface area contributed by atoms with Crippen molar-refractivity contribution in [1.82, 2.24) is 0 Å². The van der Waals surface area contributed by atoms with Crippen LogP contribution >= 0.6 is 0 Å². The van der Waals surface area contributed by atoms with Crippen molar-refractivity contribution in [3.8, 4) is 40.1 Å². The van der Waals surface area contributed by atoms with E-state index >= 15 is 0 Å². The Labute approximate surface area is 241 Å². The van der Waals surface area contributed by atoms with E-state index in [1.165, 1.54) is 13.0 Å². The maximum atomic E-state index is 13.6. The third-order valence-corrected chi connectivity index (χ3v) is 7.29. The third kappa shape index (κ3) is 5.67. The molecular weight excluding hydrogens is 580 g/mol. The summed E-state index contributed by atoms with van der Waals surface area (Å²) in [6, 6.07) is 5.24. The first-order valence-corrected chi connectivity index (χ1v) is 13.0. The fourth-order valence-electron chi connectivity index (χ4n) is 4.84. The lowest BCUT2D eigenvalue weighted by Gasteiger charge is -2.42. The molecule has 16 heteroatoms. The van der Waals surface area contributed by atoms with Gasteiger partial charge in [0.15, 0.2) is 23.5 Å². The summed E-state index contributed by atoms with van der Waals surface area (Å²) >= 11 is 0. The van der Waals surface area contributed by atoms with E-state index in [0.717, 1.165) is 24.3 Å². The molecule has 0 unspecified atom stereocenters. The number of aliphatic hydroxyl groups excluding tert-OH is 6. The summed E-state index contributed by atoms with van der Waals surface area (Å²) in [6.45, 7) is 0.818. The fraction of sp³-hybridized carbons (Fsp3) is 0.444. The molecule has 5 rings (SSSR count). The highest BCUT2D eigenvalue weighted by Gasteiger charge is 2.47. The van der Waals surface area contributed by atoms with Crippen LogP contribution in [0.15, 0.2) is 39.5 Å². The second-order valence-corrected chi connectivity index (χ2v) is 10.3. The summed E-state index contributed by atoms with van der Waals surface area (Å²) in [5.74, 6) is -3.33. The van der Waals surface area contributed by atoms with E-state index in [4.69, 9.17) is 23.4 Å². The predicted octanol–water partition coefficient (Wildman–Crippen LogP) is -1.69. The average Bonchev–Trinajstić information content (AvgIpc) is 2.96. The summed E-state index contributed by atoms with van der Waals surface area (Å²) in [4.78, 5) is 13.6. The number of aromatic hydroxyl groups is 4. The van der Waals surface area contributed by atoms with Gasteiger partial charge in [-0.3, -0.25) is 4.79 Å². The molecule has 3 aromatic rings. The SMILES string of the molecule is C[C@@H]1O[C@H](OC[C@H]2O[C@@H](Oc3c(-c4ccc(O)c(O)c4)oc4cc(O)cc(O)c4c3=O)[C@H](O)[C@@H](O)[C@H]2O)[C@H](O)[C@H](O)[C@H]1O. The number of rotatable bonds is 6. The van der Waals surface area contributed by atoms with Crippen LogP contribution in [0, 0.1) is 0 Å². The zero-order valence-electron chi connectivity index (χ0n) is 22.3. The van der Waals surface area contributed by atoms with Gasteiger partial charge >= 0.3 is 0 Å². The number of hydrogen-bond donors (Lipinski definition) is 10. The molecule has 234 valence electrons. The number of aliphatic hydroxyl groups is 6. The van der Waals surface area contributed by atoms with Gasteiger partial charge in [-0.2, -0.15) is 0 Å². The molecule has 0 aliphatic carbocycles. The van der Waals surface area contributed by atoms with Crippen molar-refractivity contribution >= 4 is 11.0 Å². The molecule has 0 saturated carbocycles. The standard InChI is InChI=1S/C27H30O16/c1-8-17(32)20(35)22(37)26(40-8)39-7-15-18(33)21(36)23(38)27(42-15)43-25-19(34)16-13(31)5-10(28)6-14(16)41-24(25)9-2-3-11(29)12(30)4-9/h2-6,8,15,17-18,20-23,26-33,35-38H,7H2,1H3/t8-,15+,17-,18-,20+,21-,22+,23+,26-,27-/m0/s1. The molecule has 2 aliphatic rings. The summed E-state index contributed by atoms with van der Waals surface area (Å²) < 4.78 is 27.8. The number of fused-ring (bicyclic) bond motifs is 1. The minimum atomic E-state index is -1.97. The highest BCUT2D eigenvalue weighted by atomic mass is 16.7. The van der Waals surface area contributed by atoms with Crippen molar-refractivity contribution in [3.05, 3.63) is 40.6 Å². The fourth-order valence-corrected chi connectivity index (χ4v) is 4.84. The third-order valence-electron chi connectivity index (χ3n) is 7.29. The summed E-state index contributed by atoms with van der Waals surface area (Å²) in [7, 11) is 0. The van der Waals surface area contributed by atoms with E-state index in [1.54, 1.807) is 0 Å². The largest absolute Gasteiger partial charge is 0.508 e. The van der Waals surface area contributed by atoms with Crippen LogP contribution in [-0.4, -0.2) is 119 Å². The van der Waals surface area contributed by atoms with Crippen LogP contribution in [0.3, 0.4) is 0 Å². The number of benzene rings is 2. The molecule has 0 radical (unpaired) electrons. The molecule has 10 N–H and O–H groups in total. The number of ether oxygens (including phenoxy) is 4. The minimum absolute atomic E-state index is 0.0313. The summed E-state index contributed by atoms with van der Waals surface area (Å²) in [5, 5.41) is 101. The van der Waals surface area contributed by atoms with Crippen LogP contribution in [0.25, 0.3) is 22.3 Å². The quantitative estimate of drug-likeness (QED) is 0.140. The van der Waals surface area contributed by atoms with Gasteiger partial charge in [0.2, 0.25) is 17.5 Å². The van der Waals surface area contributed by atoms with Crippen molar-refractivity contribution in [2.24, 2.45) is 0 Å². The Morgan fingerprint density at radius 3 is 2.12 bits per heavy atom. The van der Waals surface area contributed by atoms with Gasteiger partial charge in [-0.15, -0.1) is 0 Å². The summed E-state index contributed by atoms with van der Waals surface area (Å²) in [6.07, 6.45) is -16.2. The first-order valence-electron chi connectivity index (χ1n) is 13.0. The Morgan fingerprint density at radius 2 is 1.42 bits per heavy atom. The highest BCUT2D eigenvalue weighted by molar-refractivity contribution is 5.88. The first-order chi connectivity index (χ1) is 20.3. The smallest absolute Gasteiger partial charge is 0.239 e. The molecule has 1 aromatic heterocycles. The van der Waals surface area contributed by atoms with E-state index in [9.17, 15) is 55.9 Å². The Morgan fingerprint density at radius 1 is 0.744 bits per heavy atom. The molecule has 2 saturated heterocycles. The van der Waals surface area contributed by atoms with Gasteiger partial charge in [0.1, 0.15) is 65.2 Å². The predicted molar refractivity (Wildman–Crippen MR) is 140 cm³/mol. The van der Waals surface area contributed by atoms with Gasteiger partial charge < -0.3 is 74.4 Å². The van der Waals surface area contributed by atoms with Crippen molar-refractivity contribution in [1.29, 1.82) is 0 Å². The van der Waals surface area contributed by atoms with Crippen LogP contribution in [0.2, 0.25) is 0 Å². The van der Waals surface area contributed by atoms with Gasteiger partial charge in [-0.25, -0.2) is 0 Å². The molecule has 0 spiro atoms. The van der Waals surface area contributed by atoms with Crippen LogP contribution in [0.1, 0.15) is 6.92 Å². The van der Waals surface area contributed by atoms with Crippen LogP contribution in [-0.2, 0) is 14.2 Å². The Kier molecular flexibility index (Phi) is 8.41. The lowest BCUT2D eigenvalue weighted by atomic mass is 9.98. The Hall–Kier alpha value is -3.71. The Balaban J connectivity index is 1.48. The molecule has 0 amide bonds. The zero-order valence-corrected chi connectivity index (χ0v) is 22.3. The topological polar surface area (TPSA) is 269 Å². The Bertz CT molecular complexity index is 1540. The zero-order chi connectivity index (χ0) is 31.3. The van der Waals surface area contributed by atoms with Crippen LogP contribution < -0.4 is 10.2 Å². The molecule has 0 bridgehead atoms. The molecule has 2 aliphatic heterocycles. The molecule has 3 heterocycles. The number of hydrogen-bond acceptors (Lipinski definition) is 16. The van der Waals surface area contributed by atoms with Gasteiger partial charge in [-0.1, -0.05) is 0 Å². The monoisotopic (exact) mass is 610 g/mol. The van der Waals surface area contributed by atoms with Crippen LogP contribution in [0.4, 0.5) is 0 Å². The van der Waals surface area contributed by atoms with E-state index in [0.29, 0.717) is 0 Å². The van der Waals surface area contributed by atoms with E-state index in [2.05, 4.69) is 0 Å². The molecular formula is C27H30O16. The van der Waals surface area contributed by atoms with E-state index < -0.39 is 113 Å². The minimum Gasteiger partial charge on any atom is -0.508 e.